The van der Waals surface area contributed by atoms with E-state index in [2.05, 4.69) is 6.92 Å². The maximum absolute atomic E-state index is 6.33. The molecule has 2 nitrogen and oxygen atoms in total. The molecule has 1 aliphatic carbocycles. The molecule has 0 spiro atoms. The maximum atomic E-state index is 6.33. The third-order valence-electron chi connectivity index (χ3n) is 3.31. The van der Waals surface area contributed by atoms with Gasteiger partial charge in [-0.1, -0.05) is 24.9 Å². The number of halogens is 1. The zero-order valence-corrected chi connectivity index (χ0v) is 9.84. The largest absolute Gasteiger partial charge is 0.496 e. The van der Waals surface area contributed by atoms with Crippen molar-refractivity contribution in [2.45, 2.75) is 25.3 Å². The molecule has 0 bridgehead atoms. The van der Waals surface area contributed by atoms with Crippen molar-refractivity contribution in [2.24, 2.45) is 11.7 Å². The smallest absolute Gasteiger partial charge is 0.124 e. The molecule has 1 fully saturated rings. The fourth-order valence-electron chi connectivity index (χ4n) is 2.23. The molecule has 0 aromatic heterocycles. The Morgan fingerprint density at radius 2 is 2.33 bits per heavy atom. The molecule has 1 saturated carbocycles. The van der Waals surface area contributed by atoms with Gasteiger partial charge in [0.15, 0.2) is 0 Å². The van der Waals surface area contributed by atoms with Crippen LogP contribution in [0.1, 0.15) is 25.3 Å². The summed E-state index contributed by atoms with van der Waals surface area (Å²) < 4.78 is 5.32. The highest BCUT2D eigenvalue weighted by Crippen LogP contribution is 2.54. The molecule has 0 aliphatic heterocycles. The number of nitrogens with two attached hydrogens (primary N) is 1. The van der Waals surface area contributed by atoms with Crippen LogP contribution < -0.4 is 10.5 Å². The third-order valence-corrected chi connectivity index (χ3v) is 3.54. The van der Waals surface area contributed by atoms with Crippen molar-refractivity contribution < 1.29 is 4.74 Å². The summed E-state index contributed by atoms with van der Waals surface area (Å²) in [5, 5.41) is 0.720. The van der Waals surface area contributed by atoms with Gasteiger partial charge < -0.3 is 10.5 Å². The number of ether oxygens (including phenoxy) is 1. The summed E-state index contributed by atoms with van der Waals surface area (Å²) in [6, 6.07) is 5.64. The van der Waals surface area contributed by atoms with Crippen LogP contribution in [0.2, 0.25) is 5.02 Å². The highest BCUT2D eigenvalue weighted by atomic mass is 35.5. The highest BCUT2D eigenvalue weighted by Gasteiger charge is 2.52. The van der Waals surface area contributed by atoms with E-state index in [9.17, 15) is 0 Å². The van der Waals surface area contributed by atoms with E-state index in [-0.39, 0.29) is 5.54 Å². The second kappa shape index (κ2) is 3.69. The molecule has 2 N–H and O–H groups in total. The number of hydrogen-bond donors (Lipinski definition) is 1. The Bertz CT molecular complexity index is 380. The SMILES string of the molecule is CCC1CC1(N)c1cc(Cl)ccc1OC. The molecule has 0 saturated heterocycles. The Kier molecular flexibility index (Phi) is 2.65. The van der Waals surface area contributed by atoms with Gasteiger partial charge in [0.05, 0.1) is 7.11 Å². The van der Waals surface area contributed by atoms with Crippen LogP contribution in [-0.4, -0.2) is 7.11 Å². The molecule has 1 aromatic carbocycles. The summed E-state index contributed by atoms with van der Waals surface area (Å²) in [6.45, 7) is 2.16. The molecule has 2 atom stereocenters. The first-order valence-electron chi connectivity index (χ1n) is 5.24. The average molecular weight is 226 g/mol. The molecule has 2 rings (SSSR count). The van der Waals surface area contributed by atoms with Gasteiger partial charge in [-0.15, -0.1) is 0 Å². The second-order valence-electron chi connectivity index (χ2n) is 4.19. The first kappa shape index (κ1) is 10.8. The van der Waals surface area contributed by atoms with Gasteiger partial charge in [-0.2, -0.15) is 0 Å². The van der Waals surface area contributed by atoms with E-state index in [1.807, 2.05) is 18.2 Å². The lowest BCUT2D eigenvalue weighted by Crippen LogP contribution is -2.22. The van der Waals surface area contributed by atoms with Crippen molar-refractivity contribution in [1.29, 1.82) is 0 Å². The Hall–Kier alpha value is -0.730. The Balaban J connectivity index is 2.39. The molecule has 1 aliphatic rings. The van der Waals surface area contributed by atoms with Crippen molar-refractivity contribution in [2.75, 3.05) is 7.11 Å². The molecule has 82 valence electrons. The quantitative estimate of drug-likeness (QED) is 0.859. The number of benzene rings is 1. The predicted molar refractivity (Wildman–Crippen MR) is 62.3 cm³/mol. The van der Waals surface area contributed by atoms with Crippen LogP contribution in [0.25, 0.3) is 0 Å². The summed E-state index contributed by atoms with van der Waals surface area (Å²) in [6.07, 6.45) is 2.13. The van der Waals surface area contributed by atoms with Crippen LogP contribution in [0.4, 0.5) is 0 Å². The number of rotatable bonds is 3. The van der Waals surface area contributed by atoms with Gasteiger partial charge in [0, 0.05) is 16.1 Å². The molecule has 0 amide bonds. The summed E-state index contributed by atoms with van der Waals surface area (Å²) in [4.78, 5) is 0. The Labute approximate surface area is 95.4 Å². The summed E-state index contributed by atoms with van der Waals surface area (Å²) in [5.41, 5.74) is 7.16. The summed E-state index contributed by atoms with van der Waals surface area (Å²) in [7, 11) is 1.67. The van der Waals surface area contributed by atoms with Gasteiger partial charge in [0.25, 0.3) is 0 Å². The second-order valence-corrected chi connectivity index (χ2v) is 4.63. The average Bonchev–Trinajstić information content (AvgIpc) is 2.91. The molecular weight excluding hydrogens is 210 g/mol. The fourth-order valence-corrected chi connectivity index (χ4v) is 2.40. The van der Waals surface area contributed by atoms with Gasteiger partial charge in [-0.3, -0.25) is 0 Å². The zero-order chi connectivity index (χ0) is 11.1. The van der Waals surface area contributed by atoms with Crippen molar-refractivity contribution in [3.05, 3.63) is 28.8 Å². The van der Waals surface area contributed by atoms with Gasteiger partial charge in [0.1, 0.15) is 5.75 Å². The lowest BCUT2D eigenvalue weighted by atomic mass is 10.0. The third kappa shape index (κ3) is 1.72. The molecule has 1 aromatic rings. The maximum Gasteiger partial charge on any atom is 0.124 e. The summed E-state index contributed by atoms with van der Waals surface area (Å²) in [5.74, 6) is 1.41. The molecule has 15 heavy (non-hydrogen) atoms. The minimum absolute atomic E-state index is 0.217. The van der Waals surface area contributed by atoms with Crippen molar-refractivity contribution >= 4 is 11.6 Å². The van der Waals surface area contributed by atoms with Gasteiger partial charge >= 0.3 is 0 Å². The van der Waals surface area contributed by atoms with E-state index in [1.54, 1.807) is 7.11 Å². The first-order valence-corrected chi connectivity index (χ1v) is 5.62. The summed E-state index contributed by atoms with van der Waals surface area (Å²) >= 11 is 5.99. The van der Waals surface area contributed by atoms with E-state index < -0.39 is 0 Å². The van der Waals surface area contributed by atoms with Gasteiger partial charge in [0.2, 0.25) is 0 Å². The van der Waals surface area contributed by atoms with Crippen LogP contribution in [0, 0.1) is 5.92 Å². The molecule has 2 unspecified atom stereocenters. The monoisotopic (exact) mass is 225 g/mol. The standard InChI is InChI=1S/C12H16ClNO/c1-3-8-7-12(8,14)10-6-9(13)4-5-11(10)15-2/h4-6,8H,3,7,14H2,1-2H3. The Morgan fingerprint density at radius 1 is 1.60 bits per heavy atom. The molecule has 0 radical (unpaired) electrons. The Morgan fingerprint density at radius 3 is 2.87 bits per heavy atom. The van der Waals surface area contributed by atoms with Crippen molar-refractivity contribution in [3.8, 4) is 5.75 Å². The number of methoxy groups -OCH3 is 1. The van der Waals surface area contributed by atoms with Crippen LogP contribution in [-0.2, 0) is 5.54 Å². The van der Waals surface area contributed by atoms with E-state index in [0.29, 0.717) is 5.92 Å². The lowest BCUT2D eigenvalue weighted by Gasteiger charge is -2.16. The topological polar surface area (TPSA) is 35.2 Å². The van der Waals surface area contributed by atoms with Gasteiger partial charge in [-0.25, -0.2) is 0 Å². The van der Waals surface area contributed by atoms with Crippen LogP contribution >= 0.6 is 11.6 Å². The predicted octanol–water partition coefficient (Wildman–Crippen LogP) is 2.93. The van der Waals surface area contributed by atoms with Crippen LogP contribution in [0.3, 0.4) is 0 Å². The first-order chi connectivity index (χ1) is 7.11. The molecule has 0 heterocycles. The van der Waals surface area contributed by atoms with Gasteiger partial charge in [-0.05, 0) is 30.5 Å². The lowest BCUT2D eigenvalue weighted by molar-refractivity contribution is 0.402. The molecular formula is C12H16ClNO. The number of hydrogen-bond acceptors (Lipinski definition) is 2. The fraction of sp³-hybridized carbons (Fsp3) is 0.500. The molecule has 3 heteroatoms. The zero-order valence-electron chi connectivity index (χ0n) is 9.09. The minimum Gasteiger partial charge on any atom is -0.496 e. The minimum atomic E-state index is -0.217. The highest BCUT2D eigenvalue weighted by molar-refractivity contribution is 6.30. The van der Waals surface area contributed by atoms with E-state index >= 15 is 0 Å². The van der Waals surface area contributed by atoms with Crippen LogP contribution in [0.15, 0.2) is 18.2 Å². The normalized spacial score (nSPS) is 28.9. The van der Waals surface area contributed by atoms with Crippen molar-refractivity contribution in [1.82, 2.24) is 0 Å². The van der Waals surface area contributed by atoms with E-state index in [4.69, 9.17) is 22.1 Å². The van der Waals surface area contributed by atoms with Crippen molar-refractivity contribution in [3.63, 3.8) is 0 Å². The van der Waals surface area contributed by atoms with Crippen LogP contribution in [0.5, 0.6) is 5.75 Å². The van der Waals surface area contributed by atoms with E-state index in [0.717, 1.165) is 29.2 Å². The van der Waals surface area contributed by atoms with E-state index in [1.165, 1.54) is 0 Å².